The Bertz CT molecular complexity index is 413. The van der Waals surface area contributed by atoms with Gasteiger partial charge in [0.05, 0.1) is 13.0 Å². The van der Waals surface area contributed by atoms with Gasteiger partial charge >= 0.3 is 0 Å². The number of rotatable bonds is 7. The van der Waals surface area contributed by atoms with Crippen molar-refractivity contribution in [3.63, 3.8) is 0 Å². The molecule has 0 saturated carbocycles. The first-order valence-electron chi connectivity index (χ1n) is 6.00. The van der Waals surface area contributed by atoms with Crippen LogP contribution in [0.5, 0.6) is 5.75 Å². The average molecular weight is 273 g/mol. The van der Waals surface area contributed by atoms with Crippen LogP contribution < -0.4 is 4.90 Å². The molecule has 1 N–H and O–H groups in total. The van der Waals surface area contributed by atoms with E-state index in [0.717, 1.165) is 0 Å². The van der Waals surface area contributed by atoms with Crippen LogP contribution in [0.4, 0.5) is 14.5 Å². The molecule has 4 nitrogen and oxygen atoms in total. The van der Waals surface area contributed by atoms with Gasteiger partial charge in [-0.2, -0.15) is 0 Å². The summed E-state index contributed by atoms with van der Waals surface area (Å²) < 4.78 is 28.4. The van der Waals surface area contributed by atoms with Gasteiger partial charge in [-0.3, -0.25) is 4.79 Å². The molecule has 0 bridgehead atoms. The molecule has 0 aromatic heterocycles. The van der Waals surface area contributed by atoms with Gasteiger partial charge in [-0.05, 0) is 19.1 Å². The van der Waals surface area contributed by atoms with Crippen LogP contribution in [0.3, 0.4) is 0 Å². The standard InChI is InChI=1S/C13H17F2NO3/c1-2-16(10-4-3-5-11(17)8-10)13(18)6-7-19-9-12(14)15/h3-5,8,12,17H,2,6-7,9H2,1H3. The minimum absolute atomic E-state index is 0.0240. The number of anilines is 1. The molecule has 0 fully saturated rings. The largest absolute Gasteiger partial charge is 0.508 e. The van der Waals surface area contributed by atoms with E-state index in [1.54, 1.807) is 19.1 Å². The Kier molecular flexibility index (Phi) is 6.21. The van der Waals surface area contributed by atoms with Crippen molar-refractivity contribution in [1.29, 1.82) is 0 Å². The van der Waals surface area contributed by atoms with E-state index in [9.17, 15) is 18.7 Å². The normalized spacial score (nSPS) is 10.7. The van der Waals surface area contributed by atoms with Crippen LogP contribution in [-0.4, -0.2) is 37.2 Å². The number of phenolic OH excluding ortho intramolecular Hbond substituents is 1. The Morgan fingerprint density at radius 3 is 2.79 bits per heavy atom. The molecule has 6 heteroatoms. The van der Waals surface area contributed by atoms with Crippen molar-refractivity contribution in [3.05, 3.63) is 24.3 Å². The zero-order valence-electron chi connectivity index (χ0n) is 10.7. The van der Waals surface area contributed by atoms with E-state index in [0.29, 0.717) is 12.2 Å². The molecular weight excluding hydrogens is 256 g/mol. The summed E-state index contributed by atoms with van der Waals surface area (Å²) in [7, 11) is 0. The van der Waals surface area contributed by atoms with Gasteiger partial charge in [0.1, 0.15) is 12.4 Å². The van der Waals surface area contributed by atoms with Crippen LogP contribution in [0.15, 0.2) is 24.3 Å². The van der Waals surface area contributed by atoms with E-state index in [1.165, 1.54) is 17.0 Å². The number of ether oxygens (including phenoxy) is 1. The first kappa shape index (κ1) is 15.4. The lowest BCUT2D eigenvalue weighted by Gasteiger charge is -2.21. The lowest BCUT2D eigenvalue weighted by molar-refractivity contribution is -0.120. The molecule has 1 rings (SSSR count). The van der Waals surface area contributed by atoms with Crippen LogP contribution in [0.25, 0.3) is 0 Å². The van der Waals surface area contributed by atoms with Crippen molar-refractivity contribution in [2.24, 2.45) is 0 Å². The van der Waals surface area contributed by atoms with Gasteiger partial charge in [-0.1, -0.05) is 6.07 Å². The predicted octanol–water partition coefficient (Wildman–Crippen LogP) is 2.42. The summed E-state index contributed by atoms with van der Waals surface area (Å²) >= 11 is 0. The van der Waals surface area contributed by atoms with Crippen LogP contribution in [0, 0.1) is 0 Å². The van der Waals surface area contributed by atoms with Crippen LogP contribution in [0.1, 0.15) is 13.3 Å². The third-order valence-corrected chi connectivity index (χ3v) is 2.46. The maximum Gasteiger partial charge on any atom is 0.261 e. The maximum absolute atomic E-state index is 11.9. The van der Waals surface area contributed by atoms with Gasteiger partial charge in [0.2, 0.25) is 5.91 Å². The SMILES string of the molecule is CCN(C(=O)CCOCC(F)F)c1cccc(O)c1. The number of nitrogens with zero attached hydrogens (tertiary/aromatic N) is 1. The number of amides is 1. The Morgan fingerprint density at radius 1 is 1.47 bits per heavy atom. The quantitative estimate of drug-likeness (QED) is 0.776. The summed E-state index contributed by atoms with van der Waals surface area (Å²) in [6.45, 7) is 1.52. The number of aromatic hydroxyl groups is 1. The highest BCUT2D eigenvalue weighted by Crippen LogP contribution is 2.20. The molecule has 0 saturated heterocycles. The van der Waals surface area contributed by atoms with Gasteiger partial charge in [0.15, 0.2) is 0 Å². The molecule has 0 aliphatic carbocycles. The Balaban J connectivity index is 2.52. The molecule has 1 amide bonds. The topological polar surface area (TPSA) is 49.8 Å². The number of halogens is 2. The number of hydrogen-bond acceptors (Lipinski definition) is 3. The molecule has 0 aliphatic rings. The summed E-state index contributed by atoms with van der Waals surface area (Å²) in [5.41, 5.74) is 0.571. The second-order valence-corrected chi connectivity index (χ2v) is 3.87. The van der Waals surface area contributed by atoms with Crippen LogP contribution in [-0.2, 0) is 9.53 Å². The number of phenols is 1. The molecule has 0 heterocycles. The van der Waals surface area contributed by atoms with Gasteiger partial charge in [0, 0.05) is 18.3 Å². The first-order valence-corrected chi connectivity index (χ1v) is 6.00. The lowest BCUT2D eigenvalue weighted by atomic mass is 10.2. The number of carbonyl (C=O) groups excluding carboxylic acids is 1. The third-order valence-electron chi connectivity index (χ3n) is 2.46. The zero-order chi connectivity index (χ0) is 14.3. The predicted molar refractivity (Wildman–Crippen MR) is 67.6 cm³/mol. The summed E-state index contributed by atoms with van der Waals surface area (Å²) in [4.78, 5) is 13.4. The molecule has 0 aliphatic heterocycles. The van der Waals surface area contributed by atoms with Crippen molar-refractivity contribution >= 4 is 11.6 Å². The highest BCUT2D eigenvalue weighted by atomic mass is 19.3. The fourth-order valence-electron chi connectivity index (χ4n) is 1.63. The number of carbonyl (C=O) groups is 1. The Morgan fingerprint density at radius 2 is 2.21 bits per heavy atom. The number of benzene rings is 1. The van der Waals surface area contributed by atoms with Crippen molar-refractivity contribution < 1.29 is 23.4 Å². The van der Waals surface area contributed by atoms with Gasteiger partial charge in [-0.25, -0.2) is 8.78 Å². The van der Waals surface area contributed by atoms with Crippen molar-refractivity contribution in [2.45, 2.75) is 19.8 Å². The fourth-order valence-corrected chi connectivity index (χ4v) is 1.63. The van der Waals surface area contributed by atoms with E-state index < -0.39 is 13.0 Å². The third kappa shape index (κ3) is 5.21. The van der Waals surface area contributed by atoms with E-state index in [2.05, 4.69) is 4.74 Å². The monoisotopic (exact) mass is 273 g/mol. The molecule has 0 unspecified atom stereocenters. The second kappa shape index (κ2) is 7.68. The zero-order valence-corrected chi connectivity index (χ0v) is 10.7. The molecule has 0 atom stereocenters. The first-order chi connectivity index (χ1) is 9.04. The number of alkyl halides is 2. The molecule has 19 heavy (non-hydrogen) atoms. The molecule has 1 aromatic rings. The molecule has 1 aromatic carbocycles. The highest BCUT2D eigenvalue weighted by Gasteiger charge is 2.14. The minimum Gasteiger partial charge on any atom is -0.508 e. The van der Waals surface area contributed by atoms with Crippen molar-refractivity contribution in [2.75, 3.05) is 24.7 Å². The van der Waals surface area contributed by atoms with E-state index in [1.807, 2.05) is 0 Å². The average Bonchev–Trinajstić information content (AvgIpc) is 2.35. The molecule has 0 radical (unpaired) electrons. The lowest BCUT2D eigenvalue weighted by Crippen LogP contribution is -2.31. The smallest absolute Gasteiger partial charge is 0.261 e. The second-order valence-electron chi connectivity index (χ2n) is 3.87. The number of hydrogen-bond donors (Lipinski definition) is 1. The summed E-state index contributed by atoms with van der Waals surface area (Å²) in [5.74, 6) is -0.167. The summed E-state index contributed by atoms with van der Waals surface area (Å²) in [6, 6.07) is 6.31. The van der Waals surface area contributed by atoms with E-state index >= 15 is 0 Å². The molecular formula is C13H17F2NO3. The van der Waals surface area contributed by atoms with Crippen molar-refractivity contribution in [3.8, 4) is 5.75 Å². The van der Waals surface area contributed by atoms with Gasteiger partial charge in [-0.15, -0.1) is 0 Å². The minimum atomic E-state index is -2.52. The summed E-state index contributed by atoms with van der Waals surface area (Å²) in [5, 5.41) is 9.37. The summed E-state index contributed by atoms with van der Waals surface area (Å²) in [6.07, 6.45) is -2.50. The van der Waals surface area contributed by atoms with E-state index in [4.69, 9.17) is 0 Å². The fraction of sp³-hybridized carbons (Fsp3) is 0.462. The van der Waals surface area contributed by atoms with Crippen LogP contribution in [0.2, 0.25) is 0 Å². The molecule has 106 valence electrons. The Labute approximate surface area is 110 Å². The van der Waals surface area contributed by atoms with E-state index in [-0.39, 0.29) is 24.7 Å². The van der Waals surface area contributed by atoms with Crippen molar-refractivity contribution in [1.82, 2.24) is 0 Å². The maximum atomic E-state index is 11.9. The molecule has 0 spiro atoms. The van der Waals surface area contributed by atoms with Gasteiger partial charge < -0.3 is 14.7 Å². The highest BCUT2D eigenvalue weighted by molar-refractivity contribution is 5.93. The van der Waals surface area contributed by atoms with Crippen LogP contribution >= 0.6 is 0 Å². The Hall–Kier alpha value is -1.69. The van der Waals surface area contributed by atoms with Gasteiger partial charge in [0.25, 0.3) is 6.43 Å².